The topological polar surface area (TPSA) is 35.0 Å². The van der Waals surface area contributed by atoms with Crippen molar-refractivity contribution in [2.24, 2.45) is 0 Å². The number of hydrogen-bond acceptors (Lipinski definition) is 4. The fourth-order valence-corrected chi connectivity index (χ4v) is 3.43. The van der Waals surface area contributed by atoms with Crippen LogP contribution in [0.1, 0.15) is 18.1 Å². The van der Waals surface area contributed by atoms with Gasteiger partial charge < -0.3 is 4.74 Å². The summed E-state index contributed by atoms with van der Waals surface area (Å²) in [5.74, 6) is 0.899. The van der Waals surface area contributed by atoms with Gasteiger partial charge in [0.05, 0.1) is 12.6 Å². The van der Waals surface area contributed by atoms with Crippen molar-refractivity contribution in [3.05, 3.63) is 53.9 Å². The molecule has 0 atom stereocenters. The van der Waals surface area contributed by atoms with Crippen LogP contribution < -0.4 is 4.74 Å². The van der Waals surface area contributed by atoms with Crippen molar-refractivity contribution < 1.29 is 4.74 Å². The maximum absolute atomic E-state index is 5.50. The number of nitrogens with zero attached hydrogens (tertiary/aromatic N) is 2. The third-order valence-electron chi connectivity index (χ3n) is 3.59. The number of ether oxygens (including phenoxy) is 1. The maximum Gasteiger partial charge on any atom is 0.122 e. The standard InChI is InChI=1S/C18H18N2OS/c1-4-13-9-16-15(10-17(13)21-3)18(20-11-19-16)22-14-7-5-6-12(2)8-14/h5-11H,4H2,1-3H3. The normalized spacial score (nSPS) is 10.9. The van der Waals surface area contributed by atoms with E-state index in [0.717, 1.165) is 28.1 Å². The molecule has 112 valence electrons. The smallest absolute Gasteiger partial charge is 0.122 e. The lowest BCUT2D eigenvalue weighted by molar-refractivity contribution is 0.410. The van der Waals surface area contributed by atoms with E-state index in [9.17, 15) is 0 Å². The largest absolute Gasteiger partial charge is 0.496 e. The van der Waals surface area contributed by atoms with E-state index in [1.807, 2.05) is 6.07 Å². The fraction of sp³-hybridized carbons (Fsp3) is 0.222. The molecule has 22 heavy (non-hydrogen) atoms. The molecule has 0 unspecified atom stereocenters. The summed E-state index contributed by atoms with van der Waals surface area (Å²) in [5, 5.41) is 1.99. The van der Waals surface area contributed by atoms with Gasteiger partial charge in [-0.15, -0.1) is 0 Å². The average Bonchev–Trinajstić information content (AvgIpc) is 2.54. The number of hydrogen-bond donors (Lipinski definition) is 0. The molecule has 1 heterocycles. The molecule has 0 aliphatic carbocycles. The van der Waals surface area contributed by atoms with Crippen LogP contribution in [0.4, 0.5) is 0 Å². The summed E-state index contributed by atoms with van der Waals surface area (Å²) >= 11 is 1.66. The minimum absolute atomic E-state index is 0.899. The molecular weight excluding hydrogens is 292 g/mol. The SMILES string of the molecule is CCc1cc2ncnc(Sc3cccc(C)c3)c2cc1OC. The van der Waals surface area contributed by atoms with E-state index >= 15 is 0 Å². The van der Waals surface area contributed by atoms with E-state index < -0.39 is 0 Å². The van der Waals surface area contributed by atoms with Gasteiger partial charge in [-0.1, -0.05) is 36.4 Å². The minimum atomic E-state index is 0.899. The number of fused-ring (bicyclic) bond motifs is 1. The van der Waals surface area contributed by atoms with Crippen LogP contribution in [0, 0.1) is 6.92 Å². The zero-order valence-electron chi connectivity index (χ0n) is 13.0. The molecule has 0 saturated heterocycles. The zero-order valence-corrected chi connectivity index (χ0v) is 13.8. The van der Waals surface area contributed by atoms with Crippen LogP contribution in [0.5, 0.6) is 5.75 Å². The first-order valence-electron chi connectivity index (χ1n) is 7.27. The molecule has 3 nitrogen and oxygen atoms in total. The Balaban J connectivity index is 2.09. The first-order valence-corrected chi connectivity index (χ1v) is 8.09. The molecular formula is C18H18N2OS. The molecule has 0 bridgehead atoms. The van der Waals surface area contributed by atoms with Gasteiger partial charge >= 0.3 is 0 Å². The van der Waals surface area contributed by atoms with Crippen molar-refractivity contribution in [2.75, 3.05) is 7.11 Å². The summed E-state index contributed by atoms with van der Waals surface area (Å²) in [6.45, 7) is 4.21. The van der Waals surface area contributed by atoms with Gasteiger partial charge in [-0.25, -0.2) is 9.97 Å². The molecule has 0 saturated carbocycles. The molecule has 0 aliphatic heterocycles. The number of aromatic nitrogens is 2. The third kappa shape index (κ3) is 2.92. The lowest BCUT2D eigenvalue weighted by atomic mass is 10.1. The monoisotopic (exact) mass is 310 g/mol. The van der Waals surface area contributed by atoms with Gasteiger partial charge in [0, 0.05) is 10.3 Å². The average molecular weight is 310 g/mol. The lowest BCUT2D eigenvalue weighted by Gasteiger charge is -2.10. The van der Waals surface area contributed by atoms with Crippen LogP contribution in [0.3, 0.4) is 0 Å². The second-order valence-corrected chi connectivity index (χ2v) is 6.19. The third-order valence-corrected chi connectivity index (χ3v) is 4.59. The van der Waals surface area contributed by atoms with Crippen molar-refractivity contribution in [3.63, 3.8) is 0 Å². The van der Waals surface area contributed by atoms with E-state index in [2.05, 4.69) is 54.1 Å². The maximum atomic E-state index is 5.50. The molecule has 0 fully saturated rings. The predicted octanol–water partition coefficient (Wildman–Crippen LogP) is 4.66. The molecule has 1 aromatic heterocycles. The van der Waals surface area contributed by atoms with Crippen LogP contribution in [0.25, 0.3) is 10.9 Å². The minimum Gasteiger partial charge on any atom is -0.496 e. The van der Waals surface area contributed by atoms with E-state index in [1.165, 1.54) is 16.0 Å². The van der Waals surface area contributed by atoms with Gasteiger partial charge in [-0.05, 0) is 43.2 Å². The Morgan fingerprint density at radius 2 is 2.00 bits per heavy atom. The van der Waals surface area contributed by atoms with E-state index in [4.69, 9.17) is 4.74 Å². The number of benzene rings is 2. The molecule has 0 N–H and O–H groups in total. The Labute approximate surface area is 134 Å². The summed E-state index contributed by atoms with van der Waals surface area (Å²) < 4.78 is 5.50. The molecule has 0 amide bonds. The first kappa shape index (κ1) is 14.9. The molecule has 0 radical (unpaired) electrons. The van der Waals surface area contributed by atoms with Gasteiger partial charge in [-0.3, -0.25) is 0 Å². The van der Waals surface area contributed by atoms with Gasteiger partial charge in [0.1, 0.15) is 17.1 Å². The Morgan fingerprint density at radius 3 is 2.73 bits per heavy atom. The van der Waals surface area contributed by atoms with Crippen LogP contribution in [0.2, 0.25) is 0 Å². The van der Waals surface area contributed by atoms with E-state index in [-0.39, 0.29) is 0 Å². The number of methoxy groups -OCH3 is 1. The highest BCUT2D eigenvalue weighted by atomic mass is 32.2. The fourth-order valence-electron chi connectivity index (χ4n) is 2.44. The van der Waals surface area contributed by atoms with Crippen LogP contribution in [-0.4, -0.2) is 17.1 Å². The van der Waals surface area contributed by atoms with Crippen molar-refractivity contribution in [1.29, 1.82) is 0 Å². The second-order valence-electron chi connectivity index (χ2n) is 5.13. The highest BCUT2D eigenvalue weighted by Gasteiger charge is 2.10. The molecule has 2 aromatic carbocycles. The Morgan fingerprint density at radius 1 is 1.14 bits per heavy atom. The summed E-state index contributed by atoms with van der Waals surface area (Å²) in [4.78, 5) is 10.0. The van der Waals surface area contributed by atoms with Gasteiger partial charge in [0.15, 0.2) is 0 Å². The summed E-state index contributed by atoms with van der Waals surface area (Å²) in [7, 11) is 1.71. The van der Waals surface area contributed by atoms with Crippen LogP contribution >= 0.6 is 11.8 Å². The quantitative estimate of drug-likeness (QED) is 0.656. The molecule has 4 heteroatoms. The van der Waals surface area contributed by atoms with Crippen molar-refractivity contribution in [3.8, 4) is 5.75 Å². The van der Waals surface area contributed by atoms with Crippen molar-refractivity contribution in [1.82, 2.24) is 9.97 Å². The van der Waals surface area contributed by atoms with Gasteiger partial charge in [-0.2, -0.15) is 0 Å². The van der Waals surface area contributed by atoms with E-state index in [0.29, 0.717) is 0 Å². The molecule has 3 aromatic rings. The van der Waals surface area contributed by atoms with Crippen molar-refractivity contribution >= 4 is 22.7 Å². The first-order chi connectivity index (χ1) is 10.7. The van der Waals surface area contributed by atoms with E-state index in [1.54, 1.807) is 25.2 Å². The molecule has 0 spiro atoms. The molecule has 0 aliphatic rings. The highest BCUT2D eigenvalue weighted by Crippen LogP contribution is 2.34. The van der Waals surface area contributed by atoms with Crippen LogP contribution in [0.15, 0.2) is 52.6 Å². The van der Waals surface area contributed by atoms with Crippen LogP contribution in [-0.2, 0) is 6.42 Å². The Kier molecular flexibility index (Phi) is 4.29. The Hall–Kier alpha value is -2.07. The lowest BCUT2D eigenvalue weighted by Crippen LogP contribution is -1.94. The molecule has 3 rings (SSSR count). The van der Waals surface area contributed by atoms with Gasteiger partial charge in [0.2, 0.25) is 0 Å². The predicted molar refractivity (Wildman–Crippen MR) is 90.8 cm³/mol. The Bertz CT molecular complexity index is 817. The highest BCUT2D eigenvalue weighted by molar-refractivity contribution is 7.99. The zero-order chi connectivity index (χ0) is 15.5. The van der Waals surface area contributed by atoms with Crippen molar-refractivity contribution in [2.45, 2.75) is 30.2 Å². The van der Waals surface area contributed by atoms with Gasteiger partial charge in [0.25, 0.3) is 0 Å². The number of rotatable bonds is 4. The second kappa shape index (κ2) is 6.36. The summed E-state index contributed by atoms with van der Waals surface area (Å²) in [6, 6.07) is 12.6. The number of aryl methyl sites for hydroxylation is 2. The summed E-state index contributed by atoms with van der Waals surface area (Å²) in [5.41, 5.74) is 3.37. The summed E-state index contributed by atoms with van der Waals surface area (Å²) in [6.07, 6.45) is 2.55.